The summed E-state index contributed by atoms with van der Waals surface area (Å²) in [5.41, 5.74) is 2.34. The summed E-state index contributed by atoms with van der Waals surface area (Å²) in [6.07, 6.45) is 7.43. The molecular formula is C20H20N4O2. The molecule has 0 saturated carbocycles. The molecular weight excluding hydrogens is 328 g/mol. The van der Waals surface area contributed by atoms with Gasteiger partial charge in [-0.25, -0.2) is 0 Å². The second-order valence-corrected chi connectivity index (χ2v) is 7.20. The van der Waals surface area contributed by atoms with E-state index in [1.54, 1.807) is 18.5 Å². The molecule has 0 radical (unpaired) electrons. The van der Waals surface area contributed by atoms with E-state index in [1.807, 2.05) is 25.1 Å². The van der Waals surface area contributed by atoms with Crippen LogP contribution < -0.4 is 5.32 Å². The van der Waals surface area contributed by atoms with Crippen LogP contribution in [0.3, 0.4) is 0 Å². The standard InChI is InChI=1S/C20H20N4O2/c1-11-2-4-14(17(25)8-11)19-13-6-7-21-10-15(13)20(24-23-19)22-16-9-12-3-5-18(16)26-12/h2,4,6-8,10,12,16,18,25H,3,5,9H2,1H3,(H,22,24)/t12-,16+,18+/m1/s1. The van der Waals surface area contributed by atoms with Gasteiger partial charge in [0.05, 0.1) is 18.2 Å². The summed E-state index contributed by atoms with van der Waals surface area (Å²) in [7, 11) is 0. The highest BCUT2D eigenvalue weighted by Crippen LogP contribution is 2.38. The molecule has 0 amide bonds. The van der Waals surface area contributed by atoms with E-state index in [2.05, 4.69) is 20.5 Å². The van der Waals surface area contributed by atoms with Crippen LogP contribution in [-0.4, -0.2) is 38.5 Å². The van der Waals surface area contributed by atoms with Gasteiger partial charge >= 0.3 is 0 Å². The molecule has 3 atom stereocenters. The molecule has 26 heavy (non-hydrogen) atoms. The van der Waals surface area contributed by atoms with Crippen LogP contribution in [0.2, 0.25) is 0 Å². The molecule has 0 spiro atoms. The lowest BCUT2D eigenvalue weighted by Gasteiger charge is -2.21. The van der Waals surface area contributed by atoms with Crippen LogP contribution in [0.15, 0.2) is 36.7 Å². The number of pyridine rings is 1. The van der Waals surface area contributed by atoms with E-state index in [0.29, 0.717) is 17.4 Å². The van der Waals surface area contributed by atoms with Crippen molar-refractivity contribution in [3.8, 4) is 17.0 Å². The van der Waals surface area contributed by atoms with Gasteiger partial charge in [-0.3, -0.25) is 4.98 Å². The number of aromatic nitrogens is 3. The lowest BCUT2D eigenvalue weighted by atomic mass is 9.95. The first kappa shape index (κ1) is 15.5. The van der Waals surface area contributed by atoms with Crippen molar-refractivity contribution in [1.82, 2.24) is 15.2 Å². The van der Waals surface area contributed by atoms with Crippen molar-refractivity contribution in [2.45, 2.75) is 44.4 Å². The Morgan fingerprint density at radius 1 is 1.15 bits per heavy atom. The Hall–Kier alpha value is -2.73. The highest BCUT2D eigenvalue weighted by atomic mass is 16.5. The van der Waals surface area contributed by atoms with Crippen molar-refractivity contribution >= 4 is 16.6 Å². The van der Waals surface area contributed by atoms with Crippen LogP contribution in [0.1, 0.15) is 24.8 Å². The summed E-state index contributed by atoms with van der Waals surface area (Å²) in [6.45, 7) is 1.95. The summed E-state index contributed by atoms with van der Waals surface area (Å²) in [5, 5.41) is 24.6. The Morgan fingerprint density at radius 3 is 2.85 bits per heavy atom. The summed E-state index contributed by atoms with van der Waals surface area (Å²) in [5.74, 6) is 0.934. The highest BCUT2D eigenvalue weighted by molar-refractivity contribution is 6.00. The topological polar surface area (TPSA) is 80.2 Å². The molecule has 3 aromatic rings. The van der Waals surface area contributed by atoms with Crippen LogP contribution in [0.4, 0.5) is 5.82 Å². The molecule has 0 unspecified atom stereocenters. The smallest absolute Gasteiger partial charge is 0.158 e. The molecule has 2 N–H and O–H groups in total. The fourth-order valence-electron chi connectivity index (χ4n) is 4.11. The first-order valence-corrected chi connectivity index (χ1v) is 9.01. The quantitative estimate of drug-likeness (QED) is 0.755. The zero-order valence-corrected chi connectivity index (χ0v) is 14.5. The number of aryl methyl sites for hydroxylation is 1. The summed E-state index contributed by atoms with van der Waals surface area (Å²) >= 11 is 0. The second kappa shape index (κ2) is 5.92. The van der Waals surface area contributed by atoms with Crippen LogP contribution in [0.5, 0.6) is 5.75 Å². The first-order valence-electron chi connectivity index (χ1n) is 9.01. The van der Waals surface area contributed by atoms with Gasteiger partial charge in [-0.05, 0) is 49.9 Å². The minimum Gasteiger partial charge on any atom is -0.507 e. The van der Waals surface area contributed by atoms with Gasteiger partial charge in [-0.2, -0.15) is 0 Å². The van der Waals surface area contributed by atoms with Gasteiger partial charge in [0.1, 0.15) is 11.4 Å². The van der Waals surface area contributed by atoms with Gasteiger partial charge in [-0.1, -0.05) is 6.07 Å². The molecule has 132 valence electrons. The maximum atomic E-state index is 10.4. The molecule has 6 nitrogen and oxygen atoms in total. The highest BCUT2D eigenvalue weighted by Gasteiger charge is 2.41. The molecule has 6 heteroatoms. The molecule has 0 aliphatic carbocycles. The minimum absolute atomic E-state index is 0.208. The molecule has 1 aromatic carbocycles. The van der Waals surface area contributed by atoms with Gasteiger partial charge < -0.3 is 15.2 Å². The lowest BCUT2D eigenvalue weighted by Crippen LogP contribution is -2.31. The summed E-state index contributed by atoms with van der Waals surface area (Å²) in [6, 6.07) is 7.77. The maximum absolute atomic E-state index is 10.4. The number of hydrogen-bond donors (Lipinski definition) is 2. The van der Waals surface area contributed by atoms with Crippen molar-refractivity contribution < 1.29 is 9.84 Å². The molecule has 2 fully saturated rings. The molecule has 2 aliphatic rings. The van der Waals surface area contributed by atoms with Crippen LogP contribution in [0, 0.1) is 6.92 Å². The van der Waals surface area contributed by atoms with E-state index in [9.17, 15) is 5.11 Å². The predicted molar refractivity (Wildman–Crippen MR) is 99.1 cm³/mol. The summed E-state index contributed by atoms with van der Waals surface area (Å²) < 4.78 is 5.93. The number of nitrogens with zero attached hydrogens (tertiary/aromatic N) is 3. The number of fused-ring (bicyclic) bond motifs is 3. The van der Waals surface area contributed by atoms with E-state index in [-0.39, 0.29) is 17.9 Å². The monoisotopic (exact) mass is 348 g/mol. The largest absolute Gasteiger partial charge is 0.507 e. The Balaban J connectivity index is 1.58. The number of ether oxygens (including phenoxy) is 1. The van der Waals surface area contributed by atoms with E-state index >= 15 is 0 Å². The molecule has 2 saturated heterocycles. The van der Waals surface area contributed by atoms with E-state index < -0.39 is 0 Å². The van der Waals surface area contributed by atoms with Gasteiger partial charge in [-0.15, -0.1) is 10.2 Å². The molecule has 2 aromatic heterocycles. The number of phenols is 1. The fourth-order valence-corrected chi connectivity index (χ4v) is 4.11. The maximum Gasteiger partial charge on any atom is 0.158 e. The Labute approximate surface area is 151 Å². The number of aromatic hydroxyl groups is 1. The van der Waals surface area contributed by atoms with E-state index in [1.165, 1.54) is 0 Å². The Morgan fingerprint density at radius 2 is 2.08 bits per heavy atom. The van der Waals surface area contributed by atoms with Gasteiger partial charge in [0, 0.05) is 28.7 Å². The van der Waals surface area contributed by atoms with Crippen molar-refractivity contribution in [3.63, 3.8) is 0 Å². The zero-order chi connectivity index (χ0) is 17.7. The predicted octanol–water partition coefficient (Wildman–Crippen LogP) is 3.44. The SMILES string of the molecule is Cc1ccc(-c2nnc(N[C@H]3C[C@H]4CC[C@@H]3O4)c3cnccc23)c(O)c1. The average Bonchev–Trinajstić information content (AvgIpc) is 3.26. The first-order chi connectivity index (χ1) is 12.7. The van der Waals surface area contributed by atoms with Gasteiger partial charge in [0.2, 0.25) is 0 Å². The van der Waals surface area contributed by atoms with Crippen molar-refractivity contribution in [3.05, 3.63) is 42.2 Å². The minimum atomic E-state index is 0.208. The third-order valence-corrected chi connectivity index (χ3v) is 5.42. The normalized spacial score (nSPS) is 24.3. The van der Waals surface area contributed by atoms with Crippen molar-refractivity contribution in [2.75, 3.05) is 5.32 Å². The number of nitrogens with one attached hydrogen (secondary N) is 1. The number of benzene rings is 1. The third kappa shape index (κ3) is 2.49. The Bertz CT molecular complexity index is 991. The molecule has 5 rings (SSSR count). The summed E-state index contributed by atoms with van der Waals surface area (Å²) in [4.78, 5) is 4.27. The second-order valence-electron chi connectivity index (χ2n) is 7.20. The van der Waals surface area contributed by atoms with Crippen LogP contribution in [0.25, 0.3) is 22.0 Å². The number of phenolic OH excluding ortho intramolecular Hbond substituents is 1. The van der Waals surface area contributed by atoms with E-state index in [4.69, 9.17) is 4.74 Å². The van der Waals surface area contributed by atoms with E-state index in [0.717, 1.165) is 41.4 Å². The number of hydrogen-bond acceptors (Lipinski definition) is 6. The average molecular weight is 348 g/mol. The Kier molecular flexibility index (Phi) is 3.53. The number of rotatable bonds is 3. The van der Waals surface area contributed by atoms with Gasteiger partial charge in [0.25, 0.3) is 0 Å². The molecule has 4 heterocycles. The van der Waals surface area contributed by atoms with Crippen molar-refractivity contribution in [1.29, 1.82) is 0 Å². The van der Waals surface area contributed by atoms with Crippen molar-refractivity contribution in [2.24, 2.45) is 0 Å². The zero-order valence-electron chi connectivity index (χ0n) is 14.5. The fraction of sp³-hybridized carbons (Fsp3) is 0.350. The lowest BCUT2D eigenvalue weighted by molar-refractivity contribution is 0.102. The number of anilines is 1. The molecule has 2 bridgehead atoms. The molecule has 2 aliphatic heterocycles. The third-order valence-electron chi connectivity index (χ3n) is 5.42. The van der Waals surface area contributed by atoms with Crippen LogP contribution in [-0.2, 0) is 4.74 Å². The van der Waals surface area contributed by atoms with Crippen LogP contribution >= 0.6 is 0 Å². The van der Waals surface area contributed by atoms with Gasteiger partial charge in [0.15, 0.2) is 5.82 Å².